The number of rotatable bonds is 3. The predicted molar refractivity (Wildman–Crippen MR) is 70.2 cm³/mol. The monoisotopic (exact) mass is 310 g/mol. The van der Waals surface area contributed by atoms with E-state index in [-0.39, 0.29) is 6.42 Å². The highest BCUT2D eigenvalue weighted by atomic mass is 32.2. The molecule has 1 atom stereocenters. The van der Waals surface area contributed by atoms with Gasteiger partial charge in [-0.15, -0.1) is 0 Å². The lowest BCUT2D eigenvalue weighted by Gasteiger charge is -2.25. The average molecular weight is 310 g/mol. The van der Waals surface area contributed by atoms with E-state index in [4.69, 9.17) is 0 Å². The Hall–Kier alpha value is -0.890. The number of aliphatic imine (C=N–C) groups is 1. The molecule has 0 amide bonds. The quantitative estimate of drug-likeness (QED) is 0.868. The highest BCUT2D eigenvalue weighted by Crippen LogP contribution is 2.32. The Balaban J connectivity index is 2.02. The molecule has 20 heavy (non-hydrogen) atoms. The van der Waals surface area contributed by atoms with E-state index in [1.165, 1.54) is 6.20 Å². The maximum absolute atomic E-state index is 12.5. The molecule has 2 rings (SSSR count). The van der Waals surface area contributed by atoms with E-state index in [1.54, 1.807) is 0 Å². The first-order chi connectivity index (χ1) is 9.30. The highest BCUT2D eigenvalue weighted by Gasteiger charge is 2.50. The molecule has 2 heterocycles. The number of nitrogens with one attached hydrogen (secondary N) is 1. The summed E-state index contributed by atoms with van der Waals surface area (Å²) in [5, 5.41) is 1.63. The lowest BCUT2D eigenvalue weighted by Crippen LogP contribution is -2.36. The summed E-state index contributed by atoms with van der Waals surface area (Å²) in [5.74, 6) is 0.394. The molecule has 2 aliphatic heterocycles. The summed E-state index contributed by atoms with van der Waals surface area (Å²) in [6.45, 7) is 1.79. The van der Waals surface area contributed by atoms with Gasteiger partial charge in [-0.1, -0.05) is 0 Å². The number of hydrogen-bond acceptors (Lipinski definition) is 4. The average Bonchev–Trinajstić information content (AvgIpc) is 2.39. The summed E-state index contributed by atoms with van der Waals surface area (Å²) >= 11 is 0. The Morgan fingerprint density at radius 2 is 1.95 bits per heavy atom. The zero-order valence-corrected chi connectivity index (χ0v) is 11.7. The van der Waals surface area contributed by atoms with Crippen molar-refractivity contribution >= 4 is 16.1 Å². The topological polar surface area (TPSA) is 58.5 Å². The number of halogens is 3. The summed E-state index contributed by atoms with van der Waals surface area (Å²) in [6, 6.07) is 0. The van der Waals surface area contributed by atoms with Crippen LogP contribution in [-0.4, -0.2) is 38.5 Å². The SMILES string of the molecule is O=S(=O)(C1C=NC=C(CC2CCNCC2)C1)C(F)(F)F. The Labute approximate surface area is 116 Å². The van der Waals surface area contributed by atoms with E-state index >= 15 is 0 Å². The number of hydrogen-bond donors (Lipinski definition) is 1. The second kappa shape index (κ2) is 5.85. The molecule has 1 saturated heterocycles. The number of allylic oxidation sites excluding steroid dienone is 1. The molecule has 1 unspecified atom stereocenters. The highest BCUT2D eigenvalue weighted by molar-refractivity contribution is 7.93. The van der Waals surface area contributed by atoms with Crippen LogP contribution in [-0.2, 0) is 9.84 Å². The molecular weight excluding hydrogens is 293 g/mol. The molecule has 0 aromatic carbocycles. The maximum Gasteiger partial charge on any atom is 0.498 e. The summed E-state index contributed by atoms with van der Waals surface area (Å²) in [7, 11) is -5.18. The molecule has 0 saturated carbocycles. The zero-order chi connectivity index (χ0) is 14.8. The minimum absolute atomic E-state index is 0.102. The molecule has 4 nitrogen and oxygen atoms in total. The van der Waals surface area contributed by atoms with Crippen molar-refractivity contribution in [2.24, 2.45) is 10.9 Å². The lowest BCUT2D eigenvalue weighted by molar-refractivity contribution is -0.0439. The van der Waals surface area contributed by atoms with E-state index in [1.807, 2.05) is 0 Å². The minimum atomic E-state index is -5.22. The van der Waals surface area contributed by atoms with E-state index < -0.39 is 20.6 Å². The van der Waals surface area contributed by atoms with Crippen LogP contribution in [0.1, 0.15) is 25.7 Å². The number of nitrogens with zero attached hydrogens (tertiary/aromatic N) is 1. The van der Waals surface area contributed by atoms with Crippen LogP contribution in [0.25, 0.3) is 0 Å². The van der Waals surface area contributed by atoms with Crippen molar-refractivity contribution in [1.82, 2.24) is 5.32 Å². The van der Waals surface area contributed by atoms with Gasteiger partial charge in [0.1, 0.15) is 5.25 Å². The largest absolute Gasteiger partial charge is 0.498 e. The zero-order valence-electron chi connectivity index (χ0n) is 10.9. The van der Waals surface area contributed by atoms with Crippen LogP contribution in [0.4, 0.5) is 13.2 Å². The number of alkyl halides is 3. The Morgan fingerprint density at radius 1 is 1.30 bits per heavy atom. The molecule has 0 aromatic rings. The van der Waals surface area contributed by atoms with Gasteiger partial charge in [0.2, 0.25) is 0 Å². The van der Waals surface area contributed by atoms with Crippen LogP contribution in [0.2, 0.25) is 0 Å². The van der Waals surface area contributed by atoms with E-state index in [9.17, 15) is 21.6 Å². The van der Waals surface area contributed by atoms with Crippen molar-refractivity contribution in [3.05, 3.63) is 11.8 Å². The van der Waals surface area contributed by atoms with E-state index in [0.717, 1.165) is 32.1 Å². The van der Waals surface area contributed by atoms with E-state index in [0.29, 0.717) is 17.9 Å². The Kier molecular flexibility index (Phi) is 4.53. The molecule has 0 radical (unpaired) electrons. The van der Waals surface area contributed by atoms with Gasteiger partial charge in [-0.25, -0.2) is 8.42 Å². The molecular formula is C12H17F3N2O2S. The first-order valence-electron chi connectivity index (χ1n) is 6.53. The van der Waals surface area contributed by atoms with Gasteiger partial charge in [0.15, 0.2) is 0 Å². The second-order valence-corrected chi connectivity index (χ2v) is 7.37. The fourth-order valence-electron chi connectivity index (χ4n) is 2.56. The molecule has 0 aliphatic carbocycles. The molecule has 1 N–H and O–H groups in total. The molecule has 2 aliphatic rings. The van der Waals surface area contributed by atoms with Crippen molar-refractivity contribution in [1.29, 1.82) is 0 Å². The predicted octanol–water partition coefficient (Wildman–Crippen LogP) is 2.04. The standard InChI is InChI=1S/C12H17F3N2O2S/c13-12(14,15)20(18,19)11-6-10(7-17-8-11)5-9-1-3-16-4-2-9/h7-9,11,16H,1-6H2. The summed E-state index contributed by atoms with van der Waals surface area (Å²) in [4.78, 5) is 3.70. The summed E-state index contributed by atoms with van der Waals surface area (Å²) in [6.07, 6.45) is 4.83. The van der Waals surface area contributed by atoms with Crippen molar-refractivity contribution in [2.75, 3.05) is 13.1 Å². The van der Waals surface area contributed by atoms with Crippen LogP contribution in [0.5, 0.6) is 0 Å². The van der Waals surface area contributed by atoms with Crippen LogP contribution in [0.15, 0.2) is 16.8 Å². The third-order valence-corrected chi connectivity index (χ3v) is 5.43. The number of sulfone groups is 1. The molecule has 0 bridgehead atoms. The fraction of sp³-hybridized carbons (Fsp3) is 0.750. The van der Waals surface area contributed by atoms with Crippen molar-refractivity contribution in [3.8, 4) is 0 Å². The molecule has 1 fully saturated rings. The van der Waals surface area contributed by atoms with Gasteiger partial charge in [0.25, 0.3) is 9.84 Å². The maximum atomic E-state index is 12.5. The molecule has 114 valence electrons. The Bertz CT molecular complexity index is 505. The summed E-state index contributed by atoms with van der Waals surface area (Å²) < 4.78 is 60.4. The van der Waals surface area contributed by atoms with Gasteiger partial charge in [-0.05, 0) is 50.3 Å². The number of piperidine rings is 1. The van der Waals surface area contributed by atoms with Gasteiger partial charge < -0.3 is 5.32 Å². The minimum Gasteiger partial charge on any atom is -0.317 e. The van der Waals surface area contributed by atoms with Crippen LogP contribution in [0.3, 0.4) is 0 Å². The molecule has 8 heteroatoms. The Morgan fingerprint density at radius 3 is 2.55 bits per heavy atom. The van der Waals surface area contributed by atoms with Gasteiger partial charge >= 0.3 is 5.51 Å². The van der Waals surface area contributed by atoms with Crippen LogP contribution in [0, 0.1) is 5.92 Å². The fourth-order valence-corrected chi connectivity index (χ4v) is 3.57. The van der Waals surface area contributed by atoms with Gasteiger partial charge in [-0.2, -0.15) is 13.2 Å². The smallest absolute Gasteiger partial charge is 0.317 e. The second-order valence-electron chi connectivity index (χ2n) is 5.22. The van der Waals surface area contributed by atoms with Gasteiger partial charge in [0, 0.05) is 12.4 Å². The first kappa shape index (κ1) is 15.5. The van der Waals surface area contributed by atoms with Crippen LogP contribution >= 0.6 is 0 Å². The third-order valence-electron chi connectivity index (χ3n) is 3.70. The van der Waals surface area contributed by atoms with Crippen LogP contribution < -0.4 is 5.32 Å². The normalized spacial score (nSPS) is 25.6. The third kappa shape index (κ3) is 3.41. The summed E-state index contributed by atoms with van der Waals surface area (Å²) in [5.41, 5.74) is -4.53. The van der Waals surface area contributed by atoms with Gasteiger partial charge in [0.05, 0.1) is 0 Å². The van der Waals surface area contributed by atoms with E-state index in [2.05, 4.69) is 10.3 Å². The first-order valence-corrected chi connectivity index (χ1v) is 8.07. The lowest BCUT2D eigenvalue weighted by atomic mass is 9.89. The van der Waals surface area contributed by atoms with Crippen molar-refractivity contribution < 1.29 is 21.6 Å². The molecule has 0 spiro atoms. The molecule has 0 aromatic heterocycles. The van der Waals surface area contributed by atoms with Gasteiger partial charge in [-0.3, -0.25) is 4.99 Å². The van der Waals surface area contributed by atoms with Crippen molar-refractivity contribution in [2.45, 2.75) is 36.4 Å². The van der Waals surface area contributed by atoms with Crippen molar-refractivity contribution in [3.63, 3.8) is 0 Å².